The summed E-state index contributed by atoms with van der Waals surface area (Å²) in [5, 5.41) is 2.96. The zero-order valence-electron chi connectivity index (χ0n) is 16.4. The Labute approximate surface area is 167 Å². The average Bonchev–Trinajstić information content (AvgIpc) is 2.73. The van der Waals surface area contributed by atoms with Gasteiger partial charge >= 0.3 is 0 Å². The normalized spacial score (nSPS) is 15.0. The highest BCUT2D eigenvalue weighted by molar-refractivity contribution is 5.94. The van der Waals surface area contributed by atoms with E-state index in [0.29, 0.717) is 12.5 Å². The van der Waals surface area contributed by atoms with Crippen molar-refractivity contribution in [3.8, 4) is 0 Å². The van der Waals surface area contributed by atoms with E-state index < -0.39 is 0 Å². The van der Waals surface area contributed by atoms with Crippen molar-refractivity contribution < 1.29 is 9.59 Å². The van der Waals surface area contributed by atoms with Crippen LogP contribution in [0, 0.1) is 12.8 Å². The fourth-order valence-corrected chi connectivity index (χ4v) is 3.50. The summed E-state index contributed by atoms with van der Waals surface area (Å²) in [6.07, 6.45) is 6.35. The molecule has 0 atom stereocenters. The summed E-state index contributed by atoms with van der Waals surface area (Å²) in [7, 11) is 0. The summed E-state index contributed by atoms with van der Waals surface area (Å²) >= 11 is 0. The van der Waals surface area contributed by atoms with Gasteiger partial charge < -0.3 is 10.2 Å². The van der Waals surface area contributed by atoms with Gasteiger partial charge in [-0.2, -0.15) is 0 Å². The molecule has 2 amide bonds. The predicted molar refractivity (Wildman–Crippen MR) is 113 cm³/mol. The largest absolute Gasteiger partial charge is 0.353 e. The van der Waals surface area contributed by atoms with Crippen molar-refractivity contribution in [2.24, 2.45) is 5.92 Å². The number of nitrogens with one attached hydrogen (secondary N) is 1. The molecule has 1 aliphatic heterocycles. The fourth-order valence-electron chi connectivity index (χ4n) is 3.50. The molecule has 0 aliphatic carbocycles. The second-order valence-electron chi connectivity index (χ2n) is 7.43. The Morgan fingerprint density at radius 2 is 1.71 bits per heavy atom. The number of amides is 2. The molecule has 0 bridgehead atoms. The number of likely N-dealkylation sites (tertiary alicyclic amines) is 1. The lowest BCUT2D eigenvalue weighted by Gasteiger charge is -2.32. The van der Waals surface area contributed by atoms with Crippen molar-refractivity contribution in [3.05, 3.63) is 77.4 Å². The van der Waals surface area contributed by atoms with Crippen LogP contribution in [0.5, 0.6) is 0 Å². The van der Waals surface area contributed by atoms with Gasteiger partial charge in [-0.25, -0.2) is 0 Å². The van der Waals surface area contributed by atoms with E-state index in [4.69, 9.17) is 0 Å². The van der Waals surface area contributed by atoms with Crippen molar-refractivity contribution >= 4 is 17.9 Å². The van der Waals surface area contributed by atoms with Crippen LogP contribution < -0.4 is 5.32 Å². The summed E-state index contributed by atoms with van der Waals surface area (Å²) in [5.41, 5.74) is 2.95. The lowest BCUT2D eigenvalue weighted by Crippen LogP contribution is -2.39. The number of carbonyl (C=O) groups excluding carboxylic acids is 2. The topological polar surface area (TPSA) is 49.4 Å². The van der Waals surface area contributed by atoms with Gasteiger partial charge in [-0.1, -0.05) is 48.0 Å². The summed E-state index contributed by atoms with van der Waals surface area (Å²) in [6.45, 7) is 4.28. The number of hydrogen-bond acceptors (Lipinski definition) is 2. The van der Waals surface area contributed by atoms with Crippen molar-refractivity contribution in [2.75, 3.05) is 19.6 Å². The standard InChI is InChI=1S/C24H28N2O2/c1-19-7-10-22(11-8-19)24(28)26-17-14-21(15-18-26)13-16-25-23(27)12-9-20-5-3-2-4-6-20/h2-12,21H,13-18H2,1H3,(H,25,27)/b12-9+. The molecule has 2 aromatic carbocycles. The van der Waals surface area contributed by atoms with Crippen LogP contribution >= 0.6 is 0 Å². The third-order valence-corrected chi connectivity index (χ3v) is 5.28. The van der Waals surface area contributed by atoms with Crippen LogP contribution in [0.3, 0.4) is 0 Å². The first-order valence-electron chi connectivity index (χ1n) is 9.99. The van der Waals surface area contributed by atoms with Gasteiger partial charge in [0.25, 0.3) is 5.91 Å². The minimum atomic E-state index is -0.0594. The number of hydrogen-bond donors (Lipinski definition) is 1. The van der Waals surface area contributed by atoms with Crippen molar-refractivity contribution in [1.82, 2.24) is 10.2 Å². The number of carbonyl (C=O) groups is 2. The Kier molecular flexibility index (Phi) is 7.01. The smallest absolute Gasteiger partial charge is 0.253 e. The monoisotopic (exact) mass is 376 g/mol. The molecular weight excluding hydrogens is 348 g/mol. The highest BCUT2D eigenvalue weighted by atomic mass is 16.2. The number of nitrogens with zero attached hydrogens (tertiary/aromatic N) is 1. The SMILES string of the molecule is Cc1ccc(C(=O)N2CCC(CCNC(=O)/C=C/c3ccccc3)CC2)cc1. The Hall–Kier alpha value is -2.88. The second kappa shape index (κ2) is 9.88. The Balaban J connectivity index is 1.36. The molecule has 1 fully saturated rings. The van der Waals surface area contributed by atoms with Gasteiger partial charge in [0, 0.05) is 31.3 Å². The maximum Gasteiger partial charge on any atom is 0.253 e. The van der Waals surface area contributed by atoms with E-state index >= 15 is 0 Å². The van der Waals surface area contributed by atoms with Crippen LogP contribution in [0.15, 0.2) is 60.7 Å². The highest BCUT2D eigenvalue weighted by Crippen LogP contribution is 2.21. The molecule has 0 saturated carbocycles. The molecular formula is C24H28N2O2. The zero-order chi connectivity index (χ0) is 19.8. The van der Waals surface area contributed by atoms with Gasteiger partial charge in [0.2, 0.25) is 5.91 Å². The Bertz CT molecular complexity index is 804. The Morgan fingerprint density at radius 1 is 1.04 bits per heavy atom. The third-order valence-electron chi connectivity index (χ3n) is 5.28. The molecule has 0 unspecified atom stereocenters. The van der Waals surface area contributed by atoms with Crippen LogP contribution in [-0.2, 0) is 4.79 Å². The van der Waals surface area contributed by atoms with E-state index in [2.05, 4.69) is 5.32 Å². The second-order valence-corrected chi connectivity index (χ2v) is 7.43. The summed E-state index contributed by atoms with van der Waals surface area (Å²) in [4.78, 5) is 26.4. The van der Waals surface area contributed by atoms with E-state index in [0.717, 1.165) is 49.0 Å². The first-order valence-corrected chi connectivity index (χ1v) is 9.99. The molecule has 1 heterocycles. The summed E-state index contributed by atoms with van der Waals surface area (Å²) in [5.74, 6) is 0.620. The van der Waals surface area contributed by atoms with E-state index in [1.54, 1.807) is 6.08 Å². The number of rotatable bonds is 6. The van der Waals surface area contributed by atoms with Gasteiger partial charge in [0.05, 0.1) is 0 Å². The number of aryl methyl sites for hydroxylation is 1. The van der Waals surface area contributed by atoms with Crippen molar-refractivity contribution in [1.29, 1.82) is 0 Å². The van der Waals surface area contributed by atoms with Crippen LogP contribution in [0.4, 0.5) is 0 Å². The lowest BCUT2D eigenvalue weighted by atomic mass is 9.93. The number of piperidine rings is 1. The van der Waals surface area contributed by atoms with E-state index in [9.17, 15) is 9.59 Å². The number of benzene rings is 2. The molecule has 0 spiro atoms. The first kappa shape index (κ1) is 19.9. The van der Waals surface area contributed by atoms with Gasteiger partial charge in [-0.3, -0.25) is 9.59 Å². The van der Waals surface area contributed by atoms with Crippen LogP contribution in [0.1, 0.15) is 40.7 Å². The summed E-state index contributed by atoms with van der Waals surface area (Å²) in [6, 6.07) is 17.6. The molecule has 4 nitrogen and oxygen atoms in total. The lowest BCUT2D eigenvalue weighted by molar-refractivity contribution is -0.116. The molecule has 0 aromatic heterocycles. The highest BCUT2D eigenvalue weighted by Gasteiger charge is 2.23. The van der Waals surface area contributed by atoms with E-state index in [1.807, 2.05) is 72.5 Å². The molecule has 1 saturated heterocycles. The maximum absolute atomic E-state index is 12.6. The average molecular weight is 377 g/mol. The maximum atomic E-state index is 12.6. The molecule has 146 valence electrons. The van der Waals surface area contributed by atoms with Crippen LogP contribution in [0.25, 0.3) is 6.08 Å². The van der Waals surface area contributed by atoms with Gasteiger partial charge in [0.15, 0.2) is 0 Å². The molecule has 28 heavy (non-hydrogen) atoms. The van der Waals surface area contributed by atoms with Crippen molar-refractivity contribution in [2.45, 2.75) is 26.2 Å². The molecule has 1 N–H and O–H groups in total. The zero-order valence-corrected chi connectivity index (χ0v) is 16.4. The molecule has 1 aliphatic rings. The van der Waals surface area contributed by atoms with Gasteiger partial charge in [-0.05, 0) is 55.9 Å². The van der Waals surface area contributed by atoms with Gasteiger partial charge in [0.1, 0.15) is 0 Å². The van der Waals surface area contributed by atoms with Crippen LogP contribution in [-0.4, -0.2) is 36.3 Å². The first-order chi connectivity index (χ1) is 13.6. The van der Waals surface area contributed by atoms with Crippen LogP contribution in [0.2, 0.25) is 0 Å². The van der Waals surface area contributed by atoms with Crippen molar-refractivity contribution in [3.63, 3.8) is 0 Å². The Morgan fingerprint density at radius 3 is 2.39 bits per heavy atom. The predicted octanol–water partition coefficient (Wildman–Crippen LogP) is 4.07. The fraction of sp³-hybridized carbons (Fsp3) is 0.333. The molecule has 3 rings (SSSR count). The van der Waals surface area contributed by atoms with E-state index in [-0.39, 0.29) is 11.8 Å². The molecule has 4 heteroatoms. The van der Waals surface area contributed by atoms with Gasteiger partial charge in [-0.15, -0.1) is 0 Å². The third kappa shape index (κ3) is 5.81. The summed E-state index contributed by atoms with van der Waals surface area (Å²) < 4.78 is 0. The molecule has 2 aromatic rings. The molecule has 0 radical (unpaired) electrons. The minimum Gasteiger partial charge on any atom is -0.353 e. The minimum absolute atomic E-state index is 0.0594. The quantitative estimate of drug-likeness (QED) is 0.773. The van der Waals surface area contributed by atoms with E-state index in [1.165, 1.54) is 0 Å².